The summed E-state index contributed by atoms with van der Waals surface area (Å²) in [6, 6.07) is 5.27. The number of carboxylic acid groups (broad SMARTS) is 1. The molecule has 2 fully saturated rings. The van der Waals surface area contributed by atoms with Gasteiger partial charge in [-0.25, -0.2) is 8.42 Å². The predicted molar refractivity (Wildman–Crippen MR) is 106 cm³/mol. The second kappa shape index (κ2) is 7.86. The molecule has 156 valence electrons. The molecule has 4 rings (SSSR count). The maximum absolute atomic E-state index is 12.2. The van der Waals surface area contributed by atoms with Gasteiger partial charge in [0.15, 0.2) is 26.5 Å². The number of carbonyl (C=O) groups is 2. The lowest BCUT2D eigenvalue weighted by Gasteiger charge is -2.24. The SMILES string of the molecule is O=C(O)CCCC(=O)N=C1S[C@H]2CS(=O)(=O)C[C@H]2N1Cc1ccc2c(c1)OCO2. The Bertz CT molecular complexity index is 976. The van der Waals surface area contributed by atoms with E-state index >= 15 is 0 Å². The van der Waals surface area contributed by atoms with Crippen molar-refractivity contribution in [3.8, 4) is 11.5 Å². The van der Waals surface area contributed by atoms with Crippen LogP contribution in [0.5, 0.6) is 11.5 Å². The first kappa shape index (κ1) is 20.0. The smallest absolute Gasteiger partial charge is 0.303 e. The van der Waals surface area contributed by atoms with Crippen LogP contribution in [0.15, 0.2) is 23.2 Å². The number of hydrogen-bond acceptors (Lipinski definition) is 7. The Balaban J connectivity index is 1.53. The molecule has 1 N–H and O–H groups in total. The Morgan fingerprint density at radius 1 is 1.21 bits per heavy atom. The van der Waals surface area contributed by atoms with Crippen molar-refractivity contribution in [1.29, 1.82) is 0 Å². The first-order chi connectivity index (χ1) is 13.8. The number of ether oxygens (including phenoxy) is 2. The number of hydrogen-bond donors (Lipinski definition) is 1. The van der Waals surface area contributed by atoms with Crippen LogP contribution in [0.2, 0.25) is 0 Å². The average molecular weight is 440 g/mol. The number of amidine groups is 1. The van der Waals surface area contributed by atoms with Crippen LogP contribution in [-0.4, -0.2) is 65.1 Å². The number of carbonyl (C=O) groups excluding carboxylic acids is 1. The summed E-state index contributed by atoms with van der Waals surface area (Å²) in [4.78, 5) is 28.9. The monoisotopic (exact) mass is 440 g/mol. The Hall–Kier alpha value is -2.27. The van der Waals surface area contributed by atoms with Crippen molar-refractivity contribution in [1.82, 2.24) is 4.90 Å². The minimum atomic E-state index is -3.13. The molecule has 0 saturated carbocycles. The van der Waals surface area contributed by atoms with E-state index in [1.807, 2.05) is 17.0 Å². The Morgan fingerprint density at radius 3 is 2.79 bits per heavy atom. The number of aliphatic imine (C=N–C) groups is 1. The molecule has 2 atom stereocenters. The number of nitrogens with zero attached hydrogens (tertiary/aromatic N) is 2. The van der Waals surface area contributed by atoms with E-state index in [9.17, 15) is 18.0 Å². The van der Waals surface area contributed by atoms with Gasteiger partial charge in [0.25, 0.3) is 0 Å². The van der Waals surface area contributed by atoms with Gasteiger partial charge in [-0.1, -0.05) is 17.8 Å². The zero-order valence-corrected chi connectivity index (χ0v) is 17.1. The summed E-state index contributed by atoms with van der Waals surface area (Å²) in [6.07, 6.45) is 0.176. The zero-order chi connectivity index (χ0) is 20.6. The van der Waals surface area contributed by atoms with Crippen molar-refractivity contribution in [3.05, 3.63) is 23.8 Å². The van der Waals surface area contributed by atoms with Crippen molar-refractivity contribution in [2.24, 2.45) is 4.99 Å². The second-order valence-electron chi connectivity index (χ2n) is 7.15. The topological polar surface area (TPSA) is 123 Å². The number of amides is 1. The van der Waals surface area contributed by atoms with E-state index in [4.69, 9.17) is 14.6 Å². The highest BCUT2D eigenvalue weighted by Gasteiger charge is 2.48. The summed E-state index contributed by atoms with van der Waals surface area (Å²) in [5.41, 5.74) is 0.894. The number of thioether (sulfide) groups is 1. The van der Waals surface area contributed by atoms with Gasteiger partial charge in [0, 0.05) is 24.6 Å². The lowest BCUT2D eigenvalue weighted by Crippen LogP contribution is -2.37. The van der Waals surface area contributed by atoms with Gasteiger partial charge in [-0.05, 0) is 24.1 Å². The van der Waals surface area contributed by atoms with Crippen LogP contribution in [0.25, 0.3) is 0 Å². The van der Waals surface area contributed by atoms with Gasteiger partial charge in [-0.3, -0.25) is 9.59 Å². The van der Waals surface area contributed by atoms with Crippen LogP contribution in [0, 0.1) is 0 Å². The van der Waals surface area contributed by atoms with E-state index in [0.29, 0.717) is 23.2 Å². The fraction of sp³-hybridized carbons (Fsp3) is 0.500. The summed E-state index contributed by atoms with van der Waals surface area (Å²) < 4.78 is 34.9. The quantitative estimate of drug-likeness (QED) is 0.696. The van der Waals surface area contributed by atoms with Crippen LogP contribution in [0.3, 0.4) is 0 Å². The van der Waals surface area contributed by atoms with Gasteiger partial charge < -0.3 is 19.5 Å². The normalized spacial score (nSPS) is 25.4. The van der Waals surface area contributed by atoms with Crippen LogP contribution in [0.4, 0.5) is 0 Å². The minimum Gasteiger partial charge on any atom is -0.481 e. The molecule has 3 aliphatic heterocycles. The largest absolute Gasteiger partial charge is 0.481 e. The molecule has 3 heterocycles. The van der Waals surface area contributed by atoms with Crippen LogP contribution in [0.1, 0.15) is 24.8 Å². The lowest BCUT2D eigenvalue weighted by atomic mass is 10.1. The molecule has 1 aromatic carbocycles. The van der Waals surface area contributed by atoms with Gasteiger partial charge in [0.05, 0.1) is 17.5 Å². The number of sulfone groups is 1. The Morgan fingerprint density at radius 2 is 2.00 bits per heavy atom. The molecule has 29 heavy (non-hydrogen) atoms. The molecule has 0 spiro atoms. The molecule has 2 saturated heterocycles. The third-order valence-electron chi connectivity index (χ3n) is 4.97. The number of aliphatic carboxylic acids is 1. The fourth-order valence-electron chi connectivity index (χ4n) is 3.61. The molecule has 0 radical (unpaired) electrons. The Labute approximate surface area is 172 Å². The zero-order valence-electron chi connectivity index (χ0n) is 15.4. The molecule has 3 aliphatic rings. The molecule has 0 bridgehead atoms. The van der Waals surface area contributed by atoms with Crippen LogP contribution < -0.4 is 9.47 Å². The van der Waals surface area contributed by atoms with E-state index in [1.54, 1.807) is 6.07 Å². The van der Waals surface area contributed by atoms with Gasteiger partial charge >= 0.3 is 5.97 Å². The molecule has 9 nitrogen and oxygen atoms in total. The van der Waals surface area contributed by atoms with E-state index in [2.05, 4.69) is 4.99 Å². The Kier molecular flexibility index (Phi) is 5.43. The van der Waals surface area contributed by atoms with Gasteiger partial charge in [-0.15, -0.1) is 0 Å². The lowest BCUT2D eigenvalue weighted by molar-refractivity contribution is -0.137. The standard InChI is InChI=1S/C18H20N2O7S2/c21-16(2-1-3-17(22)23)19-18-20(12-8-29(24,25)9-15(12)28-18)7-11-4-5-13-14(6-11)27-10-26-13/h4-6,12,15H,1-3,7-10H2,(H,22,23)/t12-,15+/m1/s1. The van der Waals surface area contributed by atoms with Crippen molar-refractivity contribution in [3.63, 3.8) is 0 Å². The van der Waals surface area contributed by atoms with Crippen molar-refractivity contribution in [2.75, 3.05) is 18.3 Å². The van der Waals surface area contributed by atoms with E-state index < -0.39 is 21.7 Å². The summed E-state index contributed by atoms with van der Waals surface area (Å²) in [7, 11) is -3.13. The molecule has 11 heteroatoms. The van der Waals surface area contributed by atoms with Crippen molar-refractivity contribution in [2.45, 2.75) is 37.1 Å². The van der Waals surface area contributed by atoms with Crippen molar-refractivity contribution >= 4 is 38.6 Å². The molecule has 1 aromatic rings. The number of fused-ring (bicyclic) bond motifs is 2. The highest BCUT2D eigenvalue weighted by atomic mass is 32.2. The second-order valence-corrected chi connectivity index (χ2v) is 10.5. The van der Waals surface area contributed by atoms with Gasteiger partial charge in [0.1, 0.15) is 0 Å². The highest BCUT2D eigenvalue weighted by Crippen LogP contribution is 2.40. The number of rotatable bonds is 6. The van der Waals surface area contributed by atoms with E-state index in [-0.39, 0.29) is 48.9 Å². The van der Waals surface area contributed by atoms with E-state index in [1.165, 1.54) is 11.8 Å². The molecule has 0 aromatic heterocycles. The maximum atomic E-state index is 12.2. The first-order valence-corrected chi connectivity index (χ1v) is 11.9. The predicted octanol–water partition coefficient (Wildman–Crippen LogP) is 1.27. The van der Waals surface area contributed by atoms with E-state index in [0.717, 1.165) is 5.56 Å². The summed E-state index contributed by atoms with van der Waals surface area (Å²) >= 11 is 1.31. The molecular weight excluding hydrogens is 420 g/mol. The number of benzene rings is 1. The average Bonchev–Trinajstić information content (AvgIpc) is 3.28. The van der Waals surface area contributed by atoms with Crippen molar-refractivity contribution < 1.29 is 32.6 Å². The van der Waals surface area contributed by atoms with Gasteiger partial charge in [0.2, 0.25) is 12.7 Å². The third-order valence-corrected chi connectivity index (χ3v) is 8.21. The summed E-state index contributed by atoms with van der Waals surface area (Å²) in [6.45, 7) is 0.556. The summed E-state index contributed by atoms with van der Waals surface area (Å²) in [5.74, 6) is 0.0341. The van der Waals surface area contributed by atoms with Crippen LogP contribution >= 0.6 is 11.8 Å². The third kappa shape index (κ3) is 4.50. The summed E-state index contributed by atoms with van der Waals surface area (Å²) in [5, 5.41) is 9.03. The molecule has 0 aliphatic carbocycles. The highest BCUT2D eigenvalue weighted by molar-refractivity contribution is 8.15. The van der Waals surface area contributed by atoms with Crippen LogP contribution in [-0.2, 0) is 26.0 Å². The fourth-order valence-corrected chi connectivity index (χ4v) is 7.58. The van der Waals surface area contributed by atoms with Gasteiger partial charge in [-0.2, -0.15) is 4.99 Å². The minimum absolute atomic E-state index is 0.0292. The molecule has 1 amide bonds. The first-order valence-electron chi connectivity index (χ1n) is 9.16. The maximum Gasteiger partial charge on any atom is 0.303 e. The molecule has 0 unspecified atom stereocenters. The number of carboxylic acids is 1. The molecular formula is C18H20N2O7S2.